The summed E-state index contributed by atoms with van der Waals surface area (Å²) in [5, 5.41) is 31.8. The second-order valence-electron chi connectivity index (χ2n) is 4.42. The Balaban J connectivity index is 2.26. The third-order valence-electron chi connectivity index (χ3n) is 2.95. The molecular formula is C15H13ClN2O2. The van der Waals surface area contributed by atoms with E-state index < -0.39 is 0 Å². The molecule has 102 valence electrons. The van der Waals surface area contributed by atoms with E-state index in [9.17, 15) is 10.2 Å². The Kier molecular flexibility index (Phi) is 4.02. The van der Waals surface area contributed by atoms with Gasteiger partial charge in [0.05, 0.1) is 16.6 Å². The molecule has 3 N–H and O–H groups in total. The molecule has 0 heterocycles. The first-order chi connectivity index (χ1) is 9.51. The van der Waals surface area contributed by atoms with Crippen molar-refractivity contribution in [3.05, 3.63) is 52.5 Å². The summed E-state index contributed by atoms with van der Waals surface area (Å²) in [6, 6.07) is 11.1. The lowest BCUT2D eigenvalue weighted by atomic mass is 10.1. The molecule has 0 radical (unpaired) electrons. The van der Waals surface area contributed by atoms with Crippen LogP contribution in [-0.2, 0) is 0 Å². The zero-order chi connectivity index (χ0) is 14.7. The highest BCUT2D eigenvalue weighted by Gasteiger charge is 2.12. The van der Waals surface area contributed by atoms with Crippen LogP contribution in [0.1, 0.15) is 24.1 Å². The number of rotatable bonds is 3. The highest BCUT2D eigenvalue weighted by atomic mass is 35.5. The fourth-order valence-electron chi connectivity index (χ4n) is 1.92. The largest absolute Gasteiger partial charge is 0.508 e. The van der Waals surface area contributed by atoms with Gasteiger partial charge in [0.2, 0.25) is 0 Å². The topological polar surface area (TPSA) is 76.3 Å². The monoisotopic (exact) mass is 288 g/mol. The molecule has 0 fully saturated rings. The van der Waals surface area contributed by atoms with Crippen LogP contribution in [0.25, 0.3) is 0 Å². The highest BCUT2D eigenvalue weighted by Crippen LogP contribution is 2.30. The molecule has 1 unspecified atom stereocenters. The van der Waals surface area contributed by atoms with E-state index in [1.165, 1.54) is 18.2 Å². The van der Waals surface area contributed by atoms with E-state index in [1.807, 2.05) is 13.0 Å². The third-order valence-corrected chi connectivity index (χ3v) is 3.28. The summed E-state index contributed by atoms with van der Waals surface area (Å²) in [6.07, 6.45) is 0. The Hall–Kier alpha value is -2.38. The number of nitrogens with zero attached hydrogens (tertiary/aromatic N) is 1. The Bertz CT molecular complexity index is 680. The number of phenolic OH excluding ortho intramolecular Hbond substituents is 2. The number of hydrogen-bond acceptors (Lipinski definition) is 4. The second kappa shape index (κ2) is 5.72. The quantitative estimate of drug-likeness (QED) is 0.751. The number of halogens is 1. The van der Waals surface area contributed by atoms with Gasteiger partial charge in [0.25, 0.3) is 0 Å². The highest BCUT2D eigenvalue weighted by molar-refractivity contribution is 6.31. The van der Waals surface area contributed by atoms with Crippen LogP contribution in [0.5, 0.6) is 11.5 Å². The molecule has 2 aromatic carbocycles. The predicted molar refractivity (Wildman–Crippen MR) is 78.0 cm³/mol. The molecule has 4 nitrogen and oxygen atoms in total. The van der Waals surface area contributed by atoms with Gasteiger partial charge < -0.3 is 15.5 Å². The van der Waals surface area contributed by atoms with Gasteiger partial charge in [-0.25, -0.2) is 0 Å². The first kappa shape index (κ1) is 14.0. The summed E-state index contributed by atoms with van der Waals surface area (Å²) in [6.45, 7) is 1.84. The second-order valence-corrected chi connectivity index (χ2v) is 4.82. The third kappa shape index (κ3) is 2.95. The van der Waals surface area contributed by atoms with Crippen LogP contribution in [0.3, 0.4) is 0 Å². The van der Waals surface area contributed by atoms with Crippen LogP contribution in [0.2, 0.25) is 5.02 Å². The molecule has 0 aliphatic carbocycles. The molecule has 0 amide bonds. The minimum Gasteiger partial charge on any atom is -0.508 e. The maximum Gasteiger partial charge on any atom is 0.121 e. The molecule has 0 aromatic heterocycles. The van der Waals surface area contributed by atoms with Gasteiger partial charge in [-0.15, -0.1) is 0 Å². The summed E-state index contributed by atoms with van der Waals surface area (Å²) in [7, 11) is 0. The van der Waals surface area contributed by atoms with Crippen molar-refractivity contribution in [3.63, 3.8) is 0 Å². The van der Waals surface area contributed by atoms with Crippen molar-refractivity contribution < 1.29 is 10.2 Å². The van der Waals surface area contributed by atoms with E-state index in [0.717, 1.165) is 0 Å². The van der Waals surface area contributed by atoms with Crippen molar-refractivity contribution in [1.29, 1.82) is 5.26 Å². The van der Waals surface area contributed by atoms with E-state index in [1.54, 1.807) is 18.2 Å². The SMILES string of the molecule is CC(Nc1ccc(Cl)c(C#N)c1)c1cc(O)ccc1O. The number of anilines is 1. The lowest BCUT2D eigenvalue weighted by Crippen LogP contribution is -2.07. The van der Waals surface area contributed by atoms with Gasteiger partial charge in [-0.2, -0.15) is 5.26 Å². The maximum absolute atomic E-state index is 9.80. The average Bonchev–Trinajstić information content (AvgIpc) is 2.43. The molecule has 0 saturated heterocycles. The standard InChI is InChI=1S/C15H13ClN2O2/c1-9(13-7-12(19)3-5-15(13)20)18-11-2-4-14(16)10(6-11)8-17/h2-7,9,18-20H,1H3. The Morgan fingerprint density at radius 3 is 2.65 bits per heavy atom. The number of hydrogen-bond donors (Lipinski definition) is 3. The van der Waals surface area contributed by atoms with Crippen molar-refractivity contribution >= 4 is 17.3 Å². The minimum absolute atomic E-state index is 0.0836. The fourth-order valence-corrected chi connectivity index (χ4v) is 2.08. The maximum atomic E-state index is 9.80. The molecule has 2 rings (SSSR count). The first-order valence-electron chi connectivity index (χ1n) is 5.99. The van der Waals surface area contributed by atoms with Crippen molar-refractivity contribution in [1.82, 2.24) is 0 Å². The van der Waals surface area contributed by atoms with Gasteiger partial charge in [-0.1, -0.05) is 11.6 Å². The molecule has 0 saturated carbocycles. The minimum atomic E-state index is -0.241. The van der Waals surface area contributed by atoms with Gasteiger partial charge in [0, 0.05) is 11.3 Å². The van der Waals surface area contributed by atoms with E-state index in [4.69, 9.17) is 16.9 Å². The van der Waals surface area contributed by atoms with E-state index >= 15 is 0 Å². The zero-order valence-corrected chi connectivity index (χ0v) is 11.5. The normalized spacial score (nSPS) is 11.7. The van der Waals surface area contributed by atoms with Gasteiger partial charge in [-0.05, 0) is 43.3 Å². The van der Waals surface area contributed by atoms with E-state index in [2.05, 4.69) is 5.32 Å². The molecule has 2 aromatic rings. The summed E-state index contributed by atoms with van der Waals surface area (Å²) in [5.41, 5.74) is 1.66. The van der Waals surface area contributed by atoms with Gasteiger partial charge in [0.1, 0.15) is 17.6 Å². The van der Waals surface area contributed by atoms with Crippen LogP contribution in [0, 0.1) is 11.3 Å². The first-order valence-corrected chi connectivity index (χ1v) is 6.37. The lowest BCUT2D eigenvalue weighted by molar-refractivity contribution is 0.451. The van der Waals surface area contributed by atoms with Crippen LogP contribution >= 0.6 is 11.6 Å². The van der Waals surface area contributed by atoms with Gasteiger partial charge in [-0.3, -0.25) is 0 Å². The lowest BCUT2D eigenvalue weighted by Gasteiger charge is -2.17. The van der Waals surface area contributed by atoms with Crippen molar-refractivity contribution in [2.24, 2.45) is 0 Å². The molecule has 0 spiro atoms. The fraction of sp³-hybridized carbons (Fsp3) is 0.133. The summed E-state index contributed by atoms with van der Waals surface area (Å²) < 4.78 is 0. The number of phenols is 2. The number of nitriles is 1. The van der Waals surface area contributed by atoms with Crippen molar-refractivity contribution in [2.75, 3.05) is 5.32 Å². The Labute approximate surface area is 121 Å². The molecule has 5 heteroatoms. The number of benzene rings is 2. The summed E-state index contributed by atoms with van der Waals surface area (Å²) in [5.74, 6) is 0.178. The zero-order valence-electron chi connectivity index (χ0n) is 10.8. The molecule has 0 aliphatic heterocycles. The van der Waals surface area contributed by atoms with Crippen molar-refractivity contribution in [3.8, 4) is 17.6 Å². The van der Waals surface area contributed by atoms with E-state index in [-0.39, 0.29) is 17.5 Å². The van der Waals surface area contributed by atoms with Gasteiger partial charge >= 0.3 is 0 Å². The average molecular weight is 289 g/mol. The molecule has 0 aliphatic rings. The smallest absolute Gasteiger partial charge is 0.121 e. The summed E-state index contributed by atoms with van der Waals surface area (Å²) >= 11 is 5.87. The van der Waals surface area contributed by atoms with Crippen LogP contribution < -0.4 is 5.32 Å². The number of aromatic hydroxyl groups is 2. The van der Waals surface area contributed by atoms with Crippen LogP contribution in [-0.4, -0.2) is 10.2 Å². The van der Waals surface area contributed by atoms with Crippen LogP contribution in [0.4, 0.5) is 5.69 Å². The Morgan fingerprint density at radius 2 is 1.95 bits per heavy atom. The summed E-state index contributed by atoms with van der Waals surface area (Å²) in [4.78, 5) is 0. The molecule has 20 heavy (non-hydrogen) atoms. The van der Waals surface area contributed by atoms with Crippen molar-refractivity contribution in [2.45, 2.75) is 13.0 Å². The number of nitrogens with one attached hydrogen (secondary N) is 1. The molecule has 0 bridgehead atoms. The van der Waals surface area contributed by atoms with Crippen LogP contribution in [0.15, 0.2) is 36.4 Å². The van der Waals surface area contributed by atoms with Gasteiger partial charge in [0.15, 0.2) is 0 Å². The molecule has 1 atom stereocenters. The Morgan fingerprint density at radius 1 is 1.20 bits per heavy atom. The van der Waals surface area contributed by atoms with E-state index in [0.29, 0.717) is 21.8 Å². The predicted octanol–water partition coefficient (Wildman–Crippen LogP) is 3.80. The molecular weight excluding hydrogens is 276 g/mol.